The minimum Gasteiger partial charge on any atom is -0.384 e. The summed E-state index contributed by atoms with van der Waals surface area (Å²) in [5.41, 5.74) is 0.923. The second-order valence-corrected chi connectivity index (χ2v) is 6.22. The molecule has 0 aliphatic carbocycles. The molecular formula is C19H17ClN2O3S. The highest BCUT2D eigenvalue weighted by atomic mass is 35.5. The highest BCUT2D eigenvalue weighted by Crippen LogP contribution is 2.13. The fourth-order valence-corrected chi connectivity index (χ4v) is 2.67. The normalized spacial score (nSPS) is 10.5. The molecule has 0 aliphatic heterocycles. The van der Waals surface area contributed by atoms with Crippen molar-refractivity contribution in [1.82, 2.24) is 9.88 Å². The first-order chi connectivity index (χ1) is 12.4. The molecule has 1 heterocycles. The van der Waals surface area contributed by atoms with Gasteiger partial charge in [-0.15, -0.1) is 12.6 Å². The van der Waals surface area contributed by atoms with Crippen LogP contribution >= 0.6 is 24.2 Å². The molecule has 1 aromatic heterocycles. The number of nitrogens with zero attached hydrogens (tertiary/aromatic N) is 1. The van der Waals surface area contributed by atoms with E-state index in [-0.39, 0.29) is 23.6 Å². The Balaban J connectivity index is 2.21. The number of hydrogen-bond donors (Lipinski definition) is 3. The van der Waals surface area contributed by atoms with Gasteiger partial charge in [0.1, 0.15) is 12.2 Å². The summed E-state index contributed by atoms with van der Waals surface area (Å²) < 4.78 is 1.62. The van der Waals surface area contributed by atoms with Crippen molar-refractivity contribution >= 4 is 36.2 Å². The zero-order chi connectivity index (χ0) is 19.1. The summed E-state index contributed by atoms with van der Waals surface area (Å²) >= 11 is 10.1. The van der Waals surface area contributed by atoms with Gasteiger partial charge in [-0.1, -0.05) is 35.6 Å². The third-order valence-corrected chi connectivity index (χ3v) is 4.21. The van der Waals surface area contributed by atoms with E-state index < -0.39 is 11.3 Å². The zero-order valence-electron chi connectivity index (χ0n) is 14.0. The van der Waals surface area contributed by atoms with E-state index >= 15 is 0 Å². The molecule has 26 heavy (non-hydrogen) atoms. The molecule has 0 unspecified atom stereocenters. The van der Waals surface area contributed by atoms with Crippen molar-refractivity contribution in [2.45, 2.75) is 11.4 Å². The van der Waals surface area contributed by atoms with Crippen molar-refractivity contribution in [3.63, 3.8) is 0 Å². The number of aromatic nitrogens is 1. The smallest absolute Gasteiger partial charge is 0.257 e. The fourth-order valence-electron chi connectivity index (χ4n) is 2.20. The second kappa shape index (κ2) is 9.30. The van der Waals surface area contributed by atoms with E-state index in [1.165, 1.54) is 12.3 Å². The molecule has 7 heteroatoms. The molecule has 0 saturated heterocycles. The Labute approximate surface area is 161 Å². The Morgan fingerprint density at radius 2 is 2.08 bits per heavy atom. The van der Waals surface area contributed by atoms with Crippen molar-refractivity contribution in [3.8, 4) is 11.8 Å². The maximum atomic E-state index is 12.5. The van der Waals surface area contributed by atoms with E-state index in [1.54, 1.807) is 42.0 Å². The number of pyridine rings is 1. The predicted molar refractivity (Wildman–Crippen MR) is 105 cm³/mol. The molecule has 1 aromatic carbocycles. The monoisotopic (exact) mass is 388 g/mol. The van der Waals surface area contributed by atoms with E-state index in [9.17, 15) is 9.59 Å². The Bertz CT molecular complexity index is 954. The lowest BCUT2D eigenvalue weighted by molar-refractivity contribution is 0.0948. The topological polar surface area (TPSA) is 71.3 Å². The second-order valence-electron chi connectivity index (χ2n) is 5.34. The number of amides is 1. The Morgan fingerprint density at radius 3 is 2.73 bits per heavy atom. The number of aryl methyl sites for hydroxylation is 1. The van der Waals surface area contributed by atoms with Crippen molar-refractivity contribution in [1.29, 1.82) is 0 Å². The number of thiol groups is 1. The number of carbonyl (C=O) groups excluding carboxylic acids is 1. The average molecular weight is 389 g/mol. The van der Waals surface area contributed by atoms with Gasteiger partial charge in [0.25, 0.3) is 5.91 Å². The van der Waals surface area contributed by atoms with Gasteiger partial charge in [0.05, 0.1) is 10.6 Å². The maximum absolute atomic E-state index is 12.5. The summed E-state index contributed by atoms with van der Waals surface area (Å²) in [6.45, 7) is 0.0309. The first-order valence-corrected chi connectivity index (χ1v) is 8.47. The summed E-state index contributed by atoms with van der Waals surface area (Å²) in [5, 5.41) is 12.0. The third kappa shape index (κ3) is 5.02. The van der Waals surface area contributed by atoms with Crippen molar-refractivity contribution in [2.75, 3.05) is 6.61 Å². The Kier molecular flexibility index (Phi) is 7.10. The van der Waals surface area contributed by atoms with Gasteiger partial charge in [0.2, 0.25) is 5.43 Å². The lowest BCUT2D eigenvalue weighted by Gasteiger charge is -2.11. The lowest BCUT2D eigenvalue weighted by Crippen LogP contribution is -2.30. The molecule has 0 spiro atoms. The molecule has 0 atom stereocenters. The van der Waals surface area contributed by atoms with Gasteiger partial charge in [-0.05, 0) is 29.8 Å². The number of aliphatic hydroxyl groups excluding tert-OH is 1. The van der Waals surface area contributed by atoms with E-state index in [2.05, 4.69) is 29.8 Å². The van der Waals surface area contributed by atoms with Crippen LogP contribution in [0.25, 0.3) is 6.08 Å². The molecule has 2 aromatic rings. The van der Waals surface area contributed by atoms with Crippen LogP contribution in [-0.4, -0.2) is 22.2 Å². The van der Waals surface area contributed by atoms with Crippen LogP contribution in [0.15, 0.2) is 46.2 Å². The first kappa shape index (κ1) is 19.9. The van der Waals surface area contributed by atoms with Gasteiger partial charge in [0, 0.05) is 24.8 Å². The molecule has 0 bridgehead atoms. The van der Waals surface area contributed by atoms with Gasteiger partial charge in [0.15, 0.2) is 0 Å². The van der Waals surface area contributed by atoms with Crippen LogP contribution < -0.4 is 10.7 Å². The van der Waals surface area contributed by atoms with Crippen LogP contribution in [-0.2, 0) is 13.6 Å². The zero-order valence-corrected chi connectivity index (χ0v) is 15.6. The number of benzene rings is 1. The maximum Gasteiger partial charge on any atom is 0.257 e. The summed E-state index contributed by atoms with van der Waals surface area (Å²) in [7, 11) is 1.70. The summed E-state index contributed by atoms with van der Waals surface area (Å²) in [4.78, 5) is 25.0. The number of aliphatic hydroxyl groups is 1. The summed E-state index contributed by atoms with van der Waals surface area (Å²) in [5.74, 6) is 4.61. The van der Waals surface area contributed by atoms with Crippen LogP contribution in [0.3, 0.4) is 0 Å². The van der Waals surface area contributed by atoms with E-state index in [1.807, 2.05) is 0 Å². The van der Waals surface area contributed by atoms with E-state index in [0.29, 0.717) is 10.7 Å². The van der Waals surface area contributed by atoms with Gasteiger partial charge in [-0.25, -0.2) is 0 Å². The van der Waals surface area contributed by atoms with E-state index in [0.717, 1.165) is 5.56 Å². The summed E-state index contributed by atoms with van der Waals surface area (Å²) in [6, 6.07) is 7.06. The van der Waals surface area contributed by atoms with E-state index in [4.69, 9.17) is 16.7 Å². The predicted octanol–water partition coefficient (Wildman–Crippen LogP) is 2.27. The number of nitrogens with one attached hydrogen (secondary N) is 1. The van der Waals surface area contributed by atoms with Gasteiger partial charge < -0.3 is 15.0 Å². The molecule has 2 rings (SSSR count). The molecule has 2 N–H and O–H groups in total. The van der Waals surface area contributed by atoms with Gasteiger partial charge in [-0.2, -0.15) is 0 Å². The van der Waals surface area contributed by atoms with Crippen molar-refractivity contribution in [3.05, 3.63) is 68.6 Å². The molecular weight excluding hydrogens is 372 g/mol. The van der Waals surface area contributed by atoms with Gasteiger partial charge >= 0.3 is 0 Å². The third-order valence-electron chi connectivity index (χ3n) is 3.52. The van der Waals surface area contributed by atoms with Gasteiger partial charge in [-0.3, -0.25) is 9.59 Å². The summed E-state index contributed by atoms with van der Waals surface area (Å²) in [6.07, 6.45) is 4.56. The fraction of sp³-hybridized carbons (Fsp3) is 0.158. The molecule has 134 valence electrons. The molecule has 0 fully saturated rings. The average Bonchev–Trinajstić information content (AvgIpc) is 2.63. The number of carbonyl (C=O) groups is 1. The highest BCUT2D eigenvalue weighted by Gasteiger charge is 2.15. The lowest BCUT2D eigenvalue weighted by atomic mass is 10.2. The molecule has 0 aliphatic rings. The largest absolute Gasteiger partial charge is 0.384 e. The van der Waals surface area contributed by atoms with Crippen molar-refractivity contribution in [2.24, 2.45) is 7.05 Å². The van der Waals surface area contributed by atoms with Crippen LogP contribution in [0.4, 0.5) is 0 Å². The molecule has 1 amide bonds. The standard InChI is InChI=1S/C19H17ClN2O3S/c1-22-12-15(17(24)18(26)16(22)5-3-2-4-10-23)19(25)21-11-13-6-8-14(20)9-7-13/h3,5-9,12,23,26H,10-11H2,1H3,(H,21,25)/b5-3+. The van der Waals surface area contributed by atoms with Crippen LogP contribution in [0.1, 0.15) is 21.6 Å². The van der Waals surface area contributed by atoms with Crippen LogP contribution in [0, 0.1) is 11.8 Å². The number of hydrogen-bond acceptors (Lipinski definition) is 4. The number of rotatable bonds is 4. The SMILES string of the molecule is Cn1cc(C(=O)NCc2ccc(Cl)cc2)c(=O)c(S)c1/C=C/C#CCO. The van der Waals surface area contributed by atoms with Crippen LogP contribution in [0.5, 0.6) is 0 Å². The molecule has 0 radical (unpaired) electrons. The minimum atomic E-state index is -0.480. The number of halogens is 1. The molecule has 0 saturated carbocycles. The van der Waals surface area contributed by atoms with Crippen molar-refractivity contribution < 1.29 is 9.90 Å². The first-order valence-electron chi connectivity index (χ1n) is 7.65. The minimum absolute atomic E-state index is 0.00468. The highest BCUT2D eigenvalue weighted by molar-refractivity contribution is 7.80. The van der Waals surface area contributed by atoms with Crippen LogP contribution in [0.2, 0.25) is 5.02 Å². The quantitative estimate of drug-likeness (QED) is 0.555. The Morgan fingerprint density at radius 1 is 1.38 bits per heavy atom. The Hall–Kier alpha value is -2.46. The molecule has 5 nitrogen and oxygen atoms in total. The number of allylic oxidation sites excluding steroid dienone is 1.